The molecule has 6 nitrogen and oxygen atoms in total. The van der Waals surface area contributed by atoms with Gasteiger partial charge in [-0.25, -0.2) is 4.79 Å². The summed E-state index contributed by atoms with van der Waals surface area (Å²) < 4.78 is 0. The van der Waals surface area contributed by atoms with E-state index in [1.54, 1.807) is 24.3 Å². The number of halogens is 1. The Morgan fingerprint density at radius 1 is 1.20 bits per heavy atom. The molecule has 0 aliphatic carbocycles. The number of rotatable bonds is 3. The lowest BCUT2D eigenvalue weighted by atomic mass is 9.98. The van der Waals surface area contributed by atoms with E-state index in [-0.39, 0.29) is 6.04 Å². The molecular weight excluding hydrogens is 360 g/mol. The minimum absolute atomic E-state index is 0.256. The number of anilines is 2. The highest BCUT2D eigenvalue weighted by Crippen LogP contribution is 2.45. The largest absolute Gasteiger partial charge is 0.365 e. The van der Waals surface area contributed by atoms with Crippen LogP contribution < -0.4 is 21.7 Å². The number of carbonyl (C=O) groups is 2. The van der Waals surface area contributed by atoms with Crippen LogP contribution in [0, 0.1) is 0 Å². The van der Waals surface area contributed by atoms with Gasteiger partial charge in [-0.2, -0.15) is 0 Å². The van der Waals surface area contributed by atoms with E-state index in [0.717, 1.165) is 29.7 Å². The monoisotopic (exact) mass is 376 g/mol. The number of urea groups is 1. The van der Waals surface area contributed by atoms with Gasteiger partial charge in [-0.1, -0.05) is 11.6 Å². The Hall–Kier alpha value is -2.09. The second-order valence-corrected chi connectivity index (χ2v) is 7.79. The Kier molecular flexibility index (Phi) is 4.15. The Labute approximate surface area is 153 Å². The van der Waals surface area contributed by atoms with E-state index in [1.807, 2.05) is 0 Å². The average molecular weight is 377 g/mol. The molecule has 8 heteroatoms. The lowest BCUT2D eigenvalue weighted by Crippen LogP contribution is -2.32. The number of benzene rings is 1. The second kappa shape index (κ2) is 6.33. The number of carbonyl (C=O) groups excluding carboxylic acids is 2. The number of thiophene rings is 1. The van der Waals surface area contributed by atoms with Gasteiger partial charge in [-0.3, -0.25) is 10.1 Å². The molecule has 3 heterocycles. The van der Waals surface area contributed by atoms with Crippen LogP contribution in [0.4, 0.5) is 15.5 Å². The van der Waals surface area contributed by atoms with Gasteiger partial charge in [0.25, 0.3) is 5.91 Å². The van der Waals surface area contributed by atoms with Crippen LogP contribution in [-0.2, 0) is 6.42 Å². The molecule has 2 aromatic rings. The average Bonchev–Trinajstić information content (AvgIpc) is 3.12. The number of hydrogen-bond donors (Lipinski definition) is 4. The van der Waals surface area contributed by atoms with Gasteiger partial charge < -0.3 is 16.4 Å². The zero-order chi connectivity index (χ0) is 17.6. The van der Waals surface area contributed by atoms with Gasteiger partial charge in [-0.05, 0) is 49.1 Å². The molecule has 2 bridgehead atoms. The molecule has 0 saturated carbocycles. The van der Waals surface area contributed by atoms with Crippen LogP contribution in [0.2, 0.25) is 5.02 Å². The molecule has 25 heavy (non-hydrogen) atoms. The summed E-state index contributed by atoms with van der Waals surface area (Å²) in [6.07, 6.45) is 2.93. The van der Waals surface area contributed by atoms with Gasteiger partial charge in [0, 0.05) is 27.7 Å². The first-order chi connectivity index (χ1) is 12.0. The Bertz CT molecular complexity index is 849. The first kappa shape index (κ1) is 16.4. The predicted molar refractivity (Wildman–Crippen MR) is 99.5 cm³/mol. The first-order valence-electron chi connectivity index (χ1n) is 8.06. The van der Waals surface area contributed by atoms with Crippen molar-refractivity contribution in [3.8, 4) is 0 Å². The minimum Gasteiger partial charge on any atom is -0.365 e. The van der Waals surface area contributed by atoms with Crippen molar-refractivity contribution < 1.29 is 9.59 Å². The fraction of sp³-hybridized carbons (Fsp3) is 0.294. The van der Waals surface area contributed by atoms with E-state index >= 15 is 0 Å². The third kappa shape index (κ3) is 3.10. The molecule has 3 amide bonds. The summed E-state index contributed by atoms with van der Waals surface area (Å²) in [6, 6.07) is 7.03. The van der Waals surface area contributed by atoms with Crippen molar-refractivity contribution in [2.24, 2.45) is 5.73 Å². The standard InChI is InChI=1S/C17H17ClN4O2S/c18-8-1-3-9(4-2-8)21-17(24)22-16-13(15(19)23)11-7-10-5-6-12(20-10)14(11)25-16/h1-4,10,12,20H,5-7H2,(H2,19,23)(H2,21,22,24)/t10-,12+/m1/s1. The molecule has 1 aromatic carbocycles. The number of nitrogens with two attached hydrogens (primary N) is 1. The topological polar surface area (TPSA) is 96.2 Å². The molecule has 0 radical (unpaired) electrons. The number of nitrogens with one attached hydrogen (secondary N) is 3. The number of hydrogen-bond acceptors (Lipinski definition) is 4. The van der Waals surface area contributed by atoms with Crippen molar-refractivity contribution in [2.75, 3.05) is 10.6 Å². The van der Waals surface area contributed by atoms with Gasteiger partial charge in [0.05, 0.1) is 5.56 Å². The summed E-state index contributed by atoms with van der Waals surface area (Å²) in [5.74, 6) is -0.499. The van der Waals surface area contributed by atoms with Crippen LogP contribution in [0.15, 0.2) is 24.3 Å². The molecule has 130 valence electrons. The van der Waals surface area contributed by atoms with Crippen molar-refractivity contribution >= 4 is 45.6 Å². The van der Waals surface area contributed by atoms with Crippen LogP contribution in [0.5, 0.6) is 0 Å². The number of fused-ring (bicyclic) bond motifs is 4. The highest BCUT2D eigenvalue weighted by molar-refractivity contribution is 7.17. The maximum Gasteiger partial charge on any atom is 0.324 e. The SMILES string of the molecule is NC(=O)c1c(NC(=O)Nc2ccc(Cl)cc2)sc2c1C[C@H]1CC[C@@H]2N1. The summed E-state index contributed by atoms with van der Waals surface area (Å²) >= 11 is 7.27. The second-order valence-electron chi connectivity index (χ2n) is 6.30. The Balaban J connectivity index is 1.58. The molecule has 0 spiro atoms. The fourth-order valence-electron chi connectivity index (χ4n) is 3.55. The summed E-state index contributed by atoms with van der Waals surface area (Å²) in [4.78, 5) is 25.4. The summed E-state index contributed by atoms with van der Waals surface area (Å²) in [7, 11) is 0. The summed E-state index contributed by atoms with van der Waals surface area (Å²) in [6.45, 7) is 0. The fourth-order valence-corrected chi connectivity index (χ4v) is 5.00. The van der Waals surface area contributed by atoms with E-state index in [0.29, 0.717) is 27.3 Å². The molecule has 4 rings (SSSR count). The Morgan fingerprint density at radius 2 is 1.96 bits per heavy atom. The third-order valence-corrected chi connectivity index (χ3v) is 6.13. The van der Waals surface area contributed by atoms with Gasteiger partial charge >= 0.3 is 6.03 Å². The molecule has 2 aliphatic rings. The molecule has 0 unspecified atom stereocenters. The lowest BCUT2D eigenvalue weighted by molar-refractivity contribution is 0.100. The van der Waals surface area contributed by atoms with Gasteiger partial charge in [0.2, 0.25) is 0 Å². The van der Waals surface area contributed by atoms with Crippen LogP contribution in [0.1, 0.15) is 39.7 Å². The van der Waals surface area contributed by atoms with E-state index in [9.17, 15) is 9.59 Å². The molecule has 1 fully saturated rings. The zero-order valence-corrected chi connectivity index (χ0v) is 14.8. The lowest BCUT2D eigenvalue weighted by Gasteiger charge is -2.21. The maximum atomic E-state index is 12.3. The van der Waals surface area contributed by atoms with E-state index in [1.165, 1.54) is 11.3 Å². The number of primary amides is 1. The minimum atomic E-state index is -0.499. The molecular formula is C17H17ClN4O2S. The van der Waals surface area contributed by atoms with Crippen LogP contribution in [-0.4, -0.2) is 18.0 Å². The molecule has 2 aliphatic heterocycles. The maximum absolute atomic E-state index is 12.3. The summed E-state index contributed by atoms with van der Waals surface area (Å²) in [5, 5.41) is 10.2. The van der Waals surface area contributed by atoms with Gasteiger partial charge in [0.15, 0.2) is 0 Å². The number of amides is 3. The van der Waals surface area contributed by atoms with E-state index < -0.39 is 11.9 Å². The highest BCUT2D eigenvalue weighted by Gasteiger charge is 2.37. The van der Waals surface area contributed by atoms with Gasteiger partial charge in [0.1, 0.15) is 5.00 Å². The first-order valence-corrected chi connectivity index (χ1v) is 9.25. The molecule has 2 atom stereocenters. The highest BCUT2D eigenvalue weighted by atomic mass is 35.5. The van der Waals surface area contributed by atoms with Crippen LogP contribution >= 0.6 is 22.9 Å². The van der Waals surface area contributed by atoms with Crippen molar-refractivity contribution in [1.29, 1.82) is 0 Å². The Morgan fingerprint density at radius 3 is 2.68 bits per heavy atom. The molecule has 5 N–H and O–H groups in total. The summed E-state index contributed by atoms with van der Waals surface area (Å²) in [5.41, 5.74) is 7.66. The smallest absolute Gasteiger partial charge is 0.324 e. The van der Waals surface area contributed by atoms with Crippen molar-refractivity contribution in [3.63, 3.8) is 0 Å². The van der Waals surface area contributed by atoms with E-state index in [4.69, 9.17) is 17.3 Å². The predicted octanol–water partition coefficient (Wildman–Crippen LogP) is 3.49. The van der Waals surface area contributed by atoms with Crippen LogP contribution in [0.25, 0.3) is 0 Å². The zero-order valence-electron chi connectivity index (χ0n) is 13.3. The van der Waals surface area contributed by atoms with Gasteiger partial charge in [-0.15, -0.1) is 11.3 Å². The molecule has 1 aromatic heterocycles. The van der Waals surface area contributed by atoms with Crippen molar-refractivity contribution in [1.82, 2.24) is 5.32 Å². The quantitative estimate of drug-likeness (QED) is 0.660. The molecule has 1 saturated heterocycles. The van der Waals surface area contributed by atoms with Crippen LogP contribution in [0.3, 0.4) is 0 Å². The van der Waals surface area contributed by atoms with E-state index in [2.05, 4.69) is 16.0 Å². The van der Waals surface area contributed by atoms with Crippen molar-refractivity contribution in [2.45, 2.75) is 31.3 Å². The normalized spacial score (nSPS) is 20.8. The third-order valence-electron chi connectivity index (χ3n) is 4.62. The van der Waals surface area contributed by atoms with Crippen molar-refractivity contribution in [3.05, 3.63) is 45.3 Å².